The van der Waals surface area contributed by atoms with Gasteiger partial charge in [0.15, 0.2) is 0 Å². The number of halogens is 1. The van der Waals surface area contributed by atoms with E-state index in [0.29, 0.717) is 0 Å². The Balaban J connectivity index is 1.58. The summed E-state index contributed by atoms with van der Waals surface area (Å²) < 4.78 is 30.3. The molecule has 0 bridgehead atoms. The van der Waals surface area contributed by atoms with Crippen molar-refractivity contribution in [2.24, 2.45) is 0 Å². The molecule has 0 spiro atoms. The molecular weight excluding hydrogens is 526 g/mol. The third-order valence-electron chi connectivity index (χ3n) is 6.07. The number of nitrogens with zero attached hydrogens (tertiary/aromatic N) is 1. The van der Waals surface area contributed by atoms with E-state index in [9.17, 15) is 8.42 Å². The smallest absolute Gasteiger partial charge is 0.128 e. The van der Waals surface area contributed by atoms with E-state index in [1.165, 1.54) is 0 Å². The van der Waals surface area contributed by atoms with Crippen LogP contribution in [-0.4, -0.2) is 12.7 Å². The van der Waals surface area contributed by atoms with Crippen molar-refractivity contribution < 1.29 is 8.42 Å². The fourth-order valence-corrected chi connectivity index (χ4v) is 7.40. The first-order chi connectivity index (χ1) is 16.5. The van der Waals surface area contributed by atoms with Crippen molar-refractivity contribution in [1.82, 2.24) is 4.31 Å². The first-order valence-electron chi connectivity index (χ1n) is 11.0. The number of hydrogen-bond acceptors (Lipinski definition) is 2. The molecule has 0 aliphatic carbocycles. The first kappa shape index (κ1) is 23.4. The highest BCUT2D eigenvalue weighted by Gasteiger charge is 2.55. The molecule has 34 heavy (non-hydrogen) atoms. The molecule has 3 nitrogen and oxygen atoms in total. The van der Waals surface area contributed by atoms with Gasteiger partial charge in [0.2, 0.25) is 0 Å². The maximum atomic E-state index is 13.7. The molecule has 0 radical (unpaired) electrons. The lowest BCUT2D eigenvalue weighted by Gasteiger charge is -2.10. The van der Waals surface area contributed by atoms with Gasteiger partial charge in [-0.2, -0.15) is 0 Å². The Bertz CT molecular complexity index is 1390. The Morgan fingerprint density at radius 1 is 0.647 bits per heavy atom. The lowest BCUT2D eigenvalue weighted by molar-refractivity contribution is 0.637. The first-order valence-corrected chi connectivity index (χ1v) is 14.1. The van der Waals surface area contributed by atoms with Gasteiger partial charge < -0.3 is 0 Å². The molecule has 1 aliphatic heterocycles. The van der Waals surface area contributed by atoms with Crippen molar-refractivity contribution in [3.63, 3.8) is 0 Å². The maximum Gasteiger partial charge on any atom is 0.128 e. The molecule has 5 rings (SSSR count). The molecule has 1 saturated heterocycles. The van der Waals surface area contributed by atoms with Crippen LogP contribution >= 0.6 is 15.9 Å². The normalized spacial score (nSPS) is 21.1. The molecule has 0 amide bonds. The van der Waals surface area contributed by atoms with Gasteiger partial charge >= 0.3 is 0 Å². The summed E-state index contributed by atoms with van der Waals surface area (Å²) in [4.78, 5) is 2.29. The molecule has 6 heteroatoms. The maximum absolute atomic E-state index is 13.7. The number of benzene rings is 4. The van der Waals surface area contributed by atoms with Crippen molar-refractivity contribution in [3.05, 3.63) is 124 Å². The van der Waals surface area contributed by atoms with Gasteiger partial charge in [-0.15, -0.1) is 0 Å². The molecule has 1 unspecified atom stereocenters. The van der Waals surface area contributed by atoms with E-state index in [1.54, 1.807) is 0 Å². The van der Waals surface area contributed by atoms with Crippen LogP contribution < -0.4 is 0 Å². The molecule has 172 valence electrons. The molecule has 1 aliphatic rings. The van der Waals surface area contributed by atoms with Crippen LogP contribution in [-0.2, 0) is 21.8 Å². The van der Waals surface area contributed by atoms with Crippen molar-refractivity contribution in [2.45, 2.75) is 40.6 Å². The Hall–Kier alpha value is -2.38. The van der Waals surface area contributed by atoms with Crippen molar-refractivity contribution >= 4 is 37.7 Å². The van der Waals surface area contributed by atoms with E-state index in [0.717, 1.165) is 41.4 Å². The minimum atomic E-state index is -1.36. The summed E-state index contributed by atoms with van der Waals surface area (Å²) in [6.07, 6.45) is 0. The van der Waals surface area contributed by atoms with Gasteiger partial charge in [0.05, 0.1) is 27.8 Å². The lowest BCUT2D eigenvalue weighted by atomic mass is 10.0. The second-order valence-corrected chi connectivity index (χ2v) is 12.1. The summed E-state index contributed by atoms with van der Waals surface area (Å²) in [5.74, 6) is 0. The van der Waals surface area contributed by atoms with Crippen LogP contribution in [0.4, 0.5) is 0 Å². The van der Waals surface area contributed by atoms with Crippen molar-refractivity contribution in [1.29, 1.82) is 0 Å². The van der Waals surface area contributed by atoms with E-state index >= 15 is 0 Å². The Morgan fingerprint density at radius 2 is 1.15 bits per heavy atom. The van der Waals surface area contributed by atoms with E-state index in [4.69, 9.17) is 0 Å². The lowest BCUT2D eigenvalue weighted by Crippen LogP contribution is -2.06. The van der Waals surface area contributed by atoms with Gasteiger partial charge in [0.1, 0.15) is 11.0 Å². The second kappa shape index (κ2) is 9.70. The molecule has 4 aromatic carbocycles. The summed E-state index contributed by atoms with van der Waals surface area (Å²) >= 11 is 3.68. The summed E-state index contributed by atoms with van der Waals surface area (Å²) in [5, 5.41) is 0. The molecule has 1 fully saturated rings. The fraction of sp³-hybridized carbons (Fsp3) is 0.143. The average Bonchev–Trinajstić information content (AvgIpc) is 3.59. The van der Waals surface area contributed by atoms with Gasteiger partial charge in [0.25, 0.3) is 0 Å². The van der Waals surface area contributed by atoms with Crippen molar-refractivity contribution in [3.8, 4) is 0 Å². The molecule has 1 heterocycles. The third-order valence-corrected chi connectivity index (χ3v) is 9.77. The molecule has 0 saturated carbocycles. The van der Waals surface area contributed by atoms with E-state index in [-0.39, 0.29) is 12.1 Å². The SMILES string of the molecule is Cc1ccc([S@](=O)c2ccccc2[C@H]2[C@H](c3ccccc3Br)N2[S@@](=O)c2ccc(C)cc2)cc1. The Kier molecular flexibility index (Phi) is 6.67. The summed E-state index contributed by atoms with van der Waals surface area (Å²) in [6.45, 7) is 4.04. The van der Waals surface area contributed by atoms with Gasteiger partial charge in [-0.3, -0.25) is 0 Å². The van der Waals surface area contributed by atoms with Gasteiger partial charge in [-0.1, -0.05) is 87.7 Å². The van der Waals surface area contributed by atoms with Crippen LogP contribution in [0.3, 0.4) is 0 Å². The number of aryl methyl sites for hydroxylation is 2. The molecule has 0 N–H and O–H groups in total. The number of hydrogen-bond donors (Lipinski definition) is 0. The predicted octanol–water partition coefficient (Wildman–Crippen LogP) is 7.05. The monoisotopic (exact) mass is 549 g/mol. The van der Waals surface area contributed by atoms with Crippen LogP contribution in [0.5, 0.6) is 0 Å². The fourth-order valence-electron chi connectivity index (χ4n) is 4.21. The highest BCUT2D eigenvalue weighted by atomic mass is 79.9. The van der Waals surface area contributed by atoms with Crippen LogP contribution in [0.25, 0.3) is 0 Å². The highest BCUT2D eigenvalue weighted by Crippen LogP contribution is 2.59. The van der Waals surface area contributed by atoms with E-state index in [1.807, 2.05) is 109 Å². The summed E-state index contributed by atoms with van der Waals surface area (Å²) in [7, 11) is -2.69. The van der Waals surface area contributed by atoms with Crippen LogP contribution in [0.1, 0.15) is 34.3 Å². The zero-order valence-corrected chi connectivity index (χ0v) is 22.1. The molecular formula is C28H24BrNO2S2. The van der Waals surface area contributed by atoms with Crippen LogP contribution in [0.15, 0.2) is 116 Å². The zero-order valence-electron chi connectivity index (χ0n) is 18.9. The van der Waals surface area contributed by atoms with Crippen LogP contribution in [0.2, 0.25) is 0 Å². The summed E-state index contributed by atoms with van der Waals surface area (Å²) in [6, 6.07) is 31.3. The second-order valence-electron chi connectivity index (χ2n) is 8.45. The Labute approximate surface area is 214 Å². The molecule has 4 aromatic rings. The molecule has 0 aromatic heterocycles. The minimum Gasteiger partial charge on any atom is -0.249 e. The molecule has 5 atom stereocenters. The highest BCUT2D eigenvalue weighted by molar-refractivity contribution is 9.10. The quantitative estimate of drug-likeness (QED) is 0.241. The van der Waals surface area contributed by atoms with Gasteiger partial charge in [-0.05, 0) is 61.4 Å². The van der Waals surface area contributed by atoms with Crippen LogP contribution in [0, 0.1) is 13.8 Å². The average molecular weight is 551 g/mol. The topological polar surface area (TPSA) is 37.1 Å². The standard InChI is InChI=1S/C28H24BrNO2S2/c1-19-11-15-21(16-12-19)33(31)26-10-6-4-8-24(26)28-27(23-7-3-5-9-25(23)29)30(28)34(32)22-17-13-20(2)14-18-22/h3-18,27-28H,1-2H3/t27-,28-,30?,33-,34-/m0/s1. The number of rotatable bonds is 6. The van der Waals surface area contributed by atoms with Gasteiger partial charge in [-0.25, -0.2) is 12.7 Å². The Morgan fingerprint density at radius 3 is 1.76 bits per heavy atom. The predicted molar refractivity (Wildman–Crippen MR) is 141 cm³/mol. The third kappa shape index (κ3) is 4.48. The van der Waals surface area contributed by atoms with Gasteiger partial charge in [0, 0.05) is 14.3 Å². The van der Waals surface area contributed by atoms with E-state index in [2.05, 4.69) is 22.0 Å². The summed E-state index contributed by atoms with van der Waals surface area (Å²) in [5.41, 5.74) is 4.28. The van der Waals surface area contributed by atoms with E-state index < -0.39 is 21.8 Å². The zero-order chi connectivity index (χ0) is 23.8. The largest absolute Gasteiger partial charge is 0.249 e. The van der Waals surface area contributed by atoms with Crippen molar-refractivity contribution in [2.75, 3.05) is 0 Å². The minimum absolute atomic E-state index is 0.0890.